The van der Waals surface area contributed by atoms with Crippen molar-refractivity contribution in [2.24, 2.45) is 0 Å². The Hall–Kier alpha value is -2.18. The maximum atomic E-state index is 13.1. The minimum atomic E-state index is -4.74. The molecule has 2 aromatic carbocycles. The maximum absolute atomic E-state index is 13.1. The molecule has 0 radical (unpaired) electrons. The van der Waals surface area contributed by atoms with Crippen LogP contribution >= 0.6 is 31.0 Å². The van der Waals surface area contributed by atoms with E-state index in [1.807, 2.05) is 0 Å². The van der Waals surface area contributed by atoms with E-state index < -0.39 is 41.8 Å². The summed E-state index contributed by atoms with van der Waals surface area (Å²) in [6.45, 7) is 0.0589. The molecule has 1 aliphatic heterocycles. The minimum absolute atomic E-state index is 0.0589. The number of carboxylic acids is 1. The molecule has 15 heteroatoms. The van der Waals surface area contributed by atoms with Crippen LogP contribution in [0, 0.1) is 0 Å². The summed E-state index contributed by atoms with van der Waals surface area (Å²) in [5, 5.41) is 12.2. The second-order valence-corrected chi connectivity index (χ2v) is 11.6. The molecule has 35 heavy (non-hydrogen) atoms. The largest absolute Gasteiger partial charge is 0.524 e. The van der Waals surface area contributed by atoms with Gasteiger partial charge >= 0.3 is 13.8 Å². The molecule has 1 heterocycles. The van der Waals surface area contributed by atoms with Gasteiger partial charge in [0.05, 0.1) is 4.90 Å². The van der Waals surface area contributed by atoms with Crippen LogP contribution in [0.5, 0.6) is 5.75 Å². The number of halogens is 2. The predicted octanol–water partition coefficient (Wildman–Crippen LogP) is 2.43. The fourth-order valence-corrected chi connectivity index (χ4v) is 6.41. The van der Waals surface area contributed by atoms with Crippen LogP contribution in [0.3, 0.4) is 0 Å². The van der Waals surface area contributed by atoms with Crippen molar-refractivity contribution in [3.63, 3.8) is 0 Å². The lowest BCUT2D eigenvalue weighted by atomic mass is 10.1. The average Bonchev–Trinajstić information content (AvgIpc) is 3.24. The SMILES string of the molecule is O=C(O)C(Cc1ccc(OP(=O)(O)O)cc1)NC(=O)C1CCCN1S(=O)(=O)c1cc(Cl)cc(Cl)c1. The number of carbonyl (C=O) groups excluding carboxylic acids is 1. The number of nitrogens with one attached hydrogen (secondary N) is 1. The van der Waals surface area contributed by atoms with Gasteiger partial charge in [-0.05, 0) is 48.7 Å². The molecule has 190 valence electrons. The first-order chi connectivity index (χ1) is 16.3. The molecule has 11 nitrogen and oxygen atoms in total. The van der Waals surface area contributed by atoms with Crippen LogP contribution in [-0.2, 0) is 30.6 Å². The quantitative estimate of drug-likeness (QED) is 0.332. The number of phosphoric acid groups is 1. The van der Waals surface area contributed by atoms with E-state index in [2.05, 4.69) is 9.84 Å². The Morgan fingerprint density at radius 2 is 1.74 bits per heavy atom. The van der Waals surface area contributed by atoms with Crippen LogP contribution < -0.4 is 9.84 Å². The highest BCUT2D eigenvalue weighted by molar-refractivity contribution is 7.89. The van der Waals surface area contributed by atoms with Gasteiger partial charge in [-0.15, -0.1) is 0 Å². The van der Waals surface area contributed by atoms with Gasteiger partial charge in [-0.3, -0.25) is 14.6 Å². The van der Waals surface area contributed by atoms with Gasteiger partial charge in [0.1, 0.15) is 17.8 Å². The average molecular weight is 567 g/mol. The summed E-state index contributed by atoms with van der Waals surface area (Å²) in [6.07, 6.45) is 0.422. The Morgan fingerprint density at radius 1 is 1.14 bits per heavy atom. The molecule has 0 aliphatic carbocycles. The van der Waals surface area contributed by atoms with E-state index in [4.69, 9.17) is 33.0 Å². The summed E-state index contributed by atoms with van der Waals surface area (Å²) < 4.78 is 42.6. The Balaban J connectivity index is 1.74. The smallest absolute Gasteiger partial charge is 0.480 e. The first-order valence-electron chi connectivity index (χ1n) is 10.1. The van der Waals surface area contributed by atoms with Crippen molar-refractivity contribution in [1.82, 2.24) is 9.62 Å². The van der Waals surface area contributed by atoms with Crippen LogP contribution in [0.25, 0.3) is 0 Å². The molecular weight excluding hydrogens is 546 g/mol. The normalized spacial score (nSPS) is 17.7. The topological polar surface area (TPSA) is 171 Å². The van der Waals surface area contributed by atoms with Gasteiger partial charge in [-0.2, -0.15) is 4.31 Å². The third-order valence-corrected chi connectivity index (χ3v) is 7.92. The van der Waals surface area contributed by atoms with Crippen molar-refractivity contribution >= 4 is 52.9 Å². The Labute approximate surface area is 210 Å². The number of benzene rings is 2. The summed E-state index contributed by atoms with van der Waals surface area (Å²) in [4.78, 5) is 42.2. The molecule has 0 spiro atoms. The molecule has 3 rings (SSSR count). The van der Waals surface area contributed by atoms with E-state index in [1.54, 1.807) is 0 Å². The molecule has 2 atom stereocenters. The van der Waals surface area contributed by atoms with Gasteiger partial charge in [-0.25, -0.2) is 17.8 Å². The summed E-state index contributed by atoms with van der Waals surface area (Å²) in [6, 6.07) is 6.57. The van der Waals surface area contributed by atoms with E-state index in [0.717, 1.165) is 4.31 Å². The molecule has 1 amide bonds. The maximum Gasteiger partial charge on any atom is 0.524 e. The Kier molecular flexibility index (Phi) is 8.48. The number of nitrogens with zero attached hydrogens (tertiary/aromatic N) is 1. The van der Waals surface area contributed by atoms with E-state index in [0.29, 0.717) is 12.0 Å². The number of rotatable bonds is 9. The highest BCUT2D eigenvalue weighted by atomic mass is 35.5. The van der Waals surface area contributed by atoms with Crippen molar-refractivity contribution in [2.75, 3.05) is 6.54 Å². The number of hydrogen-bond acceptors (Lipinski definition) is 6. The zero-order chi connectivity index (χ0) is 26.0. The number of aliphatic carboxylic acids is 1. The third kappa shape index (κ3) is 7.17. The van der Waals surface area contributed by atoms with Gasteiger partial charge in [0, 0.05) is 23.0 Å². The monoisotopic (exact) mass is 566 g/mol. The summed E-state index contributed by atoms with van der Waals surface area (Å²) in [7, 11) is -8.88. The van der Waals surface area contributed by atoms with Gasteiger partial charge in [0.2, 0.25) is 15.9 Å². The molecule has 0 aromatic heterocycles. The molecule has 0 saturated carbocycles. The summed E-state index contributed by atoms with van der Waals surface area (Å²) in [5.41, 5.74) is 0.431. The molecule has 2 aromatic rings. The Morgan fingerprint density at radius 3 is 2.29 bits per heavy atom. The van der Waals surface area contributed by atoms with Crippen molar-refractivity contribution in [3.05, 3.63) is 58.1 Å². The molecule has 1 saturated heterocycles. The summed E-state index contributed by atoms with van der Waals surface area (Å²) in [5.74, 6) is -2.23. The van der Waals surface area contributed by atoms with Crippen LogP contribution in [0.15, 0.2) is 47.4 Å². The minimum Gasteiger partial charge on any atom is -0.480 e. The van der Waals surface area contributed by atoms with Crippen LogP contribution in [0.1, 0.15) is 18.4 Å². The van der Waals surface area contributed by atoms with Crippen molar-refractivity contribution in [3.8, 4) is 5.75 Å². The first-order valence-corrected chi connectivity index (χ1v) is 13.8. The van der Waals surface area contributed by atoms with Crippen molar-refractivity contribution < 1.29 is 42.0 Å². The van der Waals surface area contributed by atoms with E-state index in [9.17, 15) is 27.7 Å². The van der Waals surface area contributed by atoms with Gasteiger partial charge < -0.3 is 14.9 Å². The number of amides is 1. The molecule has 1 fully saturated rings. The number of sulfonamides is 1. The van der Waals surface area contributed by atoms with Crippen LogP contribution in [0.2, 0.25) is 10.0 Å². The summed E-state index contributed by atoms with van der Waals surface area (Å²) >= 11 is 11.9. The third-order valence-electron chi connectivity index (χ3n) is 5.15. The van der Waals surface area contributed by atoms with Gasteiger partial charge in [0.25, 0.3) is 0 Å². The highest BCUT2D eigenvalue weighted by Crippen LogP contribution is 2.37. The van der Waals surface area contributed by atoms with Gasteiger partial charge in [0.15, 0.2) is 0 Å². The molecule has 0 bridgehead atoms. The lowest BCUT2D eigenvalue weighted by Crippen LogP contribution is -2.51. The number of hydrogen-bond donors (Lipinski definition) is 4. The molecule has 1 aliphatic rings. The fraction of sp³-hybridized carbons (Fsp3) is 0.300. The molecule has 2 unspecified atom stereocenters. The molecular formula is C20H21Cl2N2O9PS. The zero-order valence-corrected chi connectivity index (χ0v) is 21.1. The standard InChI is InChI=1S/C20H21Cl2N2O9PS/c21-13-9-14(22)11-16(10-13)35(31,32)24-7-1-2-18(24)19(25)23-17(20(26)27)8-12-3-5-15(6-4-12)33-34(28,29)30/h3-6,9-11,17-18H,1-2,7-8H2,(H,23,25)(H,26,27)(H2,28,29,30). The first kappa shape index (κ1) is 27.4. The van der Waals surface area contributed by atoms with E-state index in [1.165, 1.54) is 42.5 Å². The van der Waals surface area contributed by atoms with Crippen LogP contribution in [-0.4, -0.2) is 58.1 Å². The number of carboxylic acid groups (broad SMARTS) is 1. The zero-order valence-electron chi connectivity index (χ0n) is 17.9. The second-order valence-electron chi connectivity index (χ2n) is 7.71. The van der Waals surface area contributed by atoms with Crippen molar-refractivity contribution in [2.45, 2.75) is 36.2 Å². The number of carbonyl (C=O) groups is 2. The highest BCUT2D eigenvalue weighted by Gasteiger charge is 2.40. The molecule has 4 N–H and O–H groups in total. The fourth-order valence-electron chi connectivity index (χ4n) is 3.63. The van der Waals surface area contributed by atoms with E-state index >= 15 is 0 Å². The van der Waals surface area contributed by atoms with Crippen molar-refractivity contribution in [1.29, 1.82) is 0 Å². The second kappa shape index (κ2) is 10.8. The predicted molar refractivity (Wildman–Crippen MR) is 126 cm³/mol. The van der Waals surface area contributed by atoms with Gasteiger partial charge in [-0.1, -0.05) is 35.3 Å². The number of phosphoric ester groups is 1. The Bertz CT molecular complexity index is 1250. The lowest BCUT2D eigenvalue weighted by Gasteiger charge is -2.25. The van der Waals surface area contributed by atoms with E-state index in [-0.39, 0.29) is 40.1 Å². The van der Waals surface area contributed by atoms with Crippen LogP contribution in [0.4, 0.5) is 0 Å². The lowest BCUT2D eigenvalue weighted by molar-refractivity contribution is -0.142.